The minimum atomic E-state index is -4.77. The van der Waals surface area contributed by atoms with Crippen molar-refractivity contribution in [2.75, 3.05) is 17.4 Å². The first kappa shape index (κ1) is 35.5. The normalized spacial score (nSPS) is 12.4. The van der Waals surface area contributed by atoms with Crippen LogP contribution in [0.5, 0.6) is 0 Å². The van der Waals surface area contributed by atoms with Gasteiger partial charge in [0.1, 0.15) is 12.6 Å². The number of hydrogen-bond acceptors (Lipinski definition) is 4. The molecule has 0 saturated carbocycles. The molecule has 0 bridgehead atoms. The van der Waals surface area contributed by atoms with Crippen molar-refractivity contribution in [1.82, 2.24) is 10.2 Å². The zero-order valence-corrected chi connectivity index (χ0v) is 27.4. The summed E-state index contributed by atoms with van der Waals surface area (Å²) in [5.74, 6) is -1.17. The van der Waals surface area contributed by atoms with Crippen LogP contribution in [0.1, 0.15) is 30.5 Å². The van der Waals surface area contributed by atoms with E-state index in [-0.39, 0.29) is 29.5 Å². The molecule has 1 N–H and O–H groups in total. The smallest absolute Gasteiger partial charge is 0.354 e. The fraction of sp³-hybridized carbons (Fsp3) is 0.257. The SMILES string of the molecule is CC(C)CNC(=O)[C@@H](Cc1ccccc1)N(Cc1cccc(Cl)c1)C(=O)CN(c1cccc(C(F)(F)F)c1)S(=O)(=O)c1ccccc1. The minimum absolute atomic E-state index is 0.0894. The van der Waals surface area contributed by atoms with Crippen molar-refractivity contribution < 1.29 is 31.2 Å². The van der Waals surface area contributed by atoms with Crippen LogP contribution in [0.15, 0.2) is 114 Å². The Morgan fingerprint density at radius 1 is 0.830 bits per heavy atom. The van der Waals surface area contributed by atoms with E-state index >= 15 is 0 Å². The van der Waals surface area contributed by atoms with Crippen molar-refractivity contribution in [3.05, 3.63) is 131 Å². The Bertz CT molecular complexity index is 1770. The molecule has 0 radical (unpaired) electrons. The monoisotopic (exact) mass is 685 g/mol. The Morgan fingerprint density at radius 3 is 2.06 bits per heavy atom. The number of anilines is 1. The summed E-state index contributed by atoms with van der Waals surface area (Å²) in [5, 5.41) is 3.27. The highest BCUT2D eigenvalue weighted by molar-refractivity contribution is 7.92. The predicted molar refractivity (Wildman–Crippen MR) is 176 cm³/mol. The van der Waals surface area contributed by atoms with Crippen molar-refractivity contribution in [2.45, 2.75) is 43.9 Å². The summed E-state index contributed by atoms with van der Waals surface area (Å²) < 4.78 is 69.9. The van der Waals surface area contributed by atoms with E-state index < -0.39 is 46.2 Å². The molecule has 0 spiro atoms. The number of halogens is 4. The van der Waals surface area contributed by atoms with Crippen molar-refractivity contribution in [3.8, 4) is 0 Å². The molecule has 0 heterocycles. The van der Waals surface area contributed by atoms with Crippen LogP contribution in [-0.4, -0.2) is 44.3 Å². The van der Waals surface area contributed by atoms with Gasteiger partial charge in [0.05, 0.1) is 16.1 Å². The molecule has 0 aromatic heterocycles. The number of benzene rings is 4. The molecule has 7 nitrogen and oxygen atoms in total. The van der Waals surface area contributed by atoms with E-state index in [4.69, 9.17) is 11.6 Å². The summed E-state index contributed by atoms with van der Waals surface area (Å²) in [7, 11) is -4.55. The van der Waals surface area contributed by atoms with Crippen LogP contribution in [-0.2, 0) is 38.8 Å². The van der Waals surface area contributed by atoms with Gasteiger partial charge >= 0.3 is 6.18 Å². The Labute approximate surface area is 278 Å². The van der Waals surface area contributed by atoms with Gasteiger partial charge in [0.15, 0.2) is 0 Å². The second kappa shape index (κ2) is 15.5. The lowest BCUT2D eigenvalue weighted by atomic mass is 10.0. The molecule has 0 aliphatic carbocycles. The number of carbonyl (C=O) groups is 2. The molecule has 2 amide bonds. The second-order valence-electron chi connectivity index (χ2n) is 11.4. The number of sulfonamides is 1. The predicted octanol–water partition coefficient (Wildman–Crippen LogP) is 6.97. The fourth-order valence-electron chi connectivity index (χ4n) is 4.89. The lowest BCUT2D eigenvalue weighted by molar-refractivity contribution is -0.140. The van der Waals surface area contributed by atoms with Gasteiger partial charge in [-0.15, -0.1) is 0 Å². The van der Waals surface area contributed by atoms with E-state index in [1.54, 1.807) is 54.6 Å². The highest BCUT2D eigenvalue weighted by Crippen LogP contribution is 2.33. The Balaban J connectivity index is 1.83. The van der Waals surface area contributed by atoms with E-state index in [1.165, 1.54) is 35.2 Å². The minimum Gasteiger partial charge on any atom is -0.354 e. The Kier molecular flexibility index (Phi) is 11.7. The van der Waals surface area contributed by atoms with Crippen LogP contribution < -0.4 is 9.62 Å². The van der Waals surface area contributed by atoms with E-state index in [9.17, 15) is 31.2 Å². The first-order chi connectivity index (χ1) is 22.3. The highest BCUT2D eigenvalue weighted by Gasteiger charge is 2.36. The molecule has 4 aromatic rings. The van der Waals surface area contributed by atoms with Crippen molar-refractivity contribution in [1.29, 1.82) is 0 Å². The molecule has 4 aromatic carbocycles. The van der Waals surface area contributed by atoms with Gasteiger partial charge in [-0.25, -0.2) is 8.42 Å². The molecule has 47 heavy (non-hydrogen) atoms. The number of alkyl halides is 3. The maximum Gasteiger partial charge on any atom is 0.416 e. The molecule has 248 valence electrons. The van der Waals surface area contributed by atoms with Crippen molar-refractivity contribution >= 4 is 39.1 Å². The third-order valence-corrected chi connectivity index (χ3v) is 9.29. The molecule has 0 saturated heterocycles. The summed E-state index contributed by atoms with van der Waals surface area (Å²) in [5.41, 5.74) is -0.130. The van der Waals surface area contributed by atoms with E-state index in [2.05, 4.69) is 5.32 Å². The third kappa shape index (κ3) is 9.59. The van der Waals surface area contributed by atoms with Gasteiger partial charge in [0.2, 0.25) is 11.8 Å². The number of rotatable bonds is 13. The summed E-state index contributed by atoms with van der Waals surface area (Å²) in [6.07, 6.45) is -4.68. The van der Waals surface area contributed by atoms with Gasteiger partial charge in [0.25, 0.3) is 10.0 Å². The fourth-order valence-corrected chi connectivity index (χ4v) is 6.53. The zero-order chi connectivity index (χ0) is 34.2. The van der Waals surface area contributed by atoms with Crippen LogP contribution in [0.25, 0.3) is 0 Å². The lowest BCUT2D eigenvalue weighted by Crippen LogP contribution is -2.53. The maximum absolute atomic E-state index is 14.4. The Hall–Kier alpha value is -4.35. The van der Waals surface area contributed by atoms with Crippen molar-refractivity contribution in [2.24, 2.45) is 5.92 Å². The van der Waals surface area contributed by atoms with Gasteiger partial charge in [0, 0.05) is 24.5 Å². The molecule has 0 fully saturated rings. The first-order valence-corrected chi connectivity index (χ1v) is 16.7. The average molecular weight is 686 g/mol. The molecular formula is C35H35ClF3N3O4S. The maximum atomic E-state index is 14.4. The van der Waals surface area contributed by atoms with Gasteiger partial charge in [-0.1, -0.05) is 92.2 Å². The van der Waals surface area contributed by atoms with Gasteiger partial charge in [-0.3, -0.25) is 13.9 Å². The second-order valence-corrected chi connectivity index (χ2v) is 13.7. The first-order valence-electron chi connectivity index (χ1n) is 14.9. The number of hydrogen-bond donors (Lipinski definition) is 1. The van der Waals surface area contributed by atoms with E-state index in [1.807, 2.05) is 19.9 Å². The van der Waals surface area contributed by atoms with Crippen LogP contribution in [0.2, 0.25) is 5.02 Å². The molecule has 4 rings (SSSR count). The van der Waals surface area contributed by atoms with E-state index in [0.717, 1.165) is 17.7 Å². The molecule has 0 aliphatic heterocycles. The van der Waals surface area contributed by atoms with Gasteiger partial charge in [-0.2, -0.15) is 13.2 Å². The van der Waals surface area contributed by atoms with Crippen LogP contribution in [0.4, 0.5) is 18.9 Å². The standard InChI is InChI=1S/C35H35ClF3N3O4S/c1-25(2)22-40-34(44)32(20-26-11-5-3-6-12-26)41(23-27-13-9-15-29(36)19-27)33(43)24-42(47(45,46)31-17-7-4-8-18-31)30-16-10-14-28(21-30)35(37,38)39/h3-19,21,25,32H,20,22-24H2,1-2H3,(H,40,44)/t32-/m1/s1. The highest BCUT2D eigenvalue weighted by atomic mass is 35.5. The summed E-state index contributed by atoms with van der Waals surface area (Å²) in [4.78, 5) is 29.3. The van der Waals surface area contributed by atoms with E-state index in [0.29, 0.717) is 27.5 Å². The zero-order valence-electron chi connectivity index (χ0n) is 25.8. The molecule has 1 atom stereocenters. The summed E-state index contributed by atoms with van der Waals surface area (Å²) >= 11 is 6.25. The van der Waals surface area contributed by atoms with Crippen molar-refractivity contribution in [3.63, 3.8) is 0 Å². The molecular weight excluding hydrogens is 651 g/mol. The average Bonchev–Trinajstić information content (AvgIpc) is 3.04. The molecule has 0 aliphatic rings. The summed E-state index contributed by atoms with van der Waals surface area (Å²) in [6, 6.07) is 25.5. The largest absolute Gasteiger partial charge is 0.416 e. The molecule has 0 unspecified atom stereocenters. The number of amides is 2. The van der Waals surface area contributed by atoms with Gasteiger partial charge < -0.3 is 10.2 Å². The van der Waals surface area contributed by atoms with Crippen LogP contribution >= 0.6 is 11.6 Å². The third-order valence-electron chi connectivity index (χ3n) is 7.27. The van der Waals surface area contributed by atoms with Gasteiger partial charge in [-0.05, 0) is 59.5 Å². The topological polar surface area (TPSA) is 86.8 Å². The summed E-state index contributed by atoms with van der Waals surface area (Å²) in [6.45, 7) is 3.14. The number of carbonyl (C=O) groups excluding carboxylic acids is 2. The van der Waals surface area contributed by atoms with Crippen LogP contribution in [0, 0.1) is 5.92 Å². The lowest BCUT2D eigenvalue weighted by Gasteiger charge is -2.34. The quantitative estimate of drug-likeness (QED) is 0.165. The Morgan fingerprint density at radius 2 is 1.45 bits per heavy atom. The van der Waals surface area contributed by atoms with Crippen LogP contribution in [0.3, 0.4) is 0 Å². The number of nitrogens with zero attached hydrogens (tertiary/aromatic N) is 2. The number of nitrogens with one attached hydrogen (secondary N) is 1. The molecule has 12 heteroatoms.